The molecule has 1 N–H and O–H groups in total. The van der Waals surface area contributed by atoms with E-state index in [0.29, 0.717) is 19.4 Å². The molecule has 1 atom stereocenters. The molecule has 0 saturated carbocycles. The molecule has 1 aromatic heterocycles. The van der Waals surface area contributed by atoms with Gasteiger partial charge in [-0.05, 0) is 38.2 Å². The van der Waals surface area contributed by atoms with Gasteiger partial charge in [-0.3, -0.25) is 9.59 Å². The van der Waals surface area contributed by atoms with Crippen molar-refractivity contribution in [3.8, 4) is 5.75 Å². The molecular weight excluding hydrogens is 390 g/mol. The molecule has 2 heterocycles. The predicted octanol–water partition coefficient (Wildman–Crippen LogP) is 2.93. The topological polar surface area (TPSA) is 90.4 Å². The number of hydrogen-bond acceptors (Lipinski definition) is 7. The normalized spacial score (nSPS) is 15.2. The molecule has 8 heteroatoms. The van der Waals surface area contributed by atoms with Gasteiger partial charge in [0.05, 0.1) is 12.6 Å². The number of rotatable bonds is 7. The summed E-state index contributed by atoms with van der Waals surface area (Å²) < 4.78 is 10.7. The largest absolute Gasteiger partial charge is 0.493 e. The number of esters is 1. The second kappa shape index (κ2) is 9.73. The number of hydrogen-bond donors (Lipinski definition) is 1. The van der Waals surface area contributed by atoms with Crippen LogP contribution in [0, 0.1) is 13.8 Å². The van der Waals surface area contributed by atoms with Crippen molar-refractivity contribution in [3.63, 3.8) is 0 Å². The van der Waals surface area contributed by atoms with E-state index in [1.54, 1.807) is 0 Å². The van der Waals surface area contributed by atoms with Crippen molar-refractivity contribution in [1.29, 1.82) is 0 Å². The zero-order valence-corrected chi connectivity index (χ0v) is 17.7. The van der Waals surface area contributed by atoms with Gasteiger partial charge in [-0.1, -0.05) is 30.0 Å². The molecule has 0 bridgehead atoms. The molecule has 0 spiro atoms. The molecule has 1 unspecified atom stereocenters. The summed E-state index contributed by atoms with van der Waals surface area (Å²) in [4.78, 5) is 33.1. The standard InChI is InChI=1S/C21H25N3O4S/c1-13-15(14(2)23-21(22-13)29-3)8-9-20(26)28-12-19(25)24-17-10-11-27-18-7-5-4-6-16(17)18/h4-7,17H,8-12H2,1-3H3,(H,24,25). The van der Waals surface area contributed by atoms with Crippen LogP contribution >= 0.6 is 11.8 Å². The lowest BCUT2D eigenvalue weighted by Crippen LogP contribution is -2.35. The van der Waals surface area contributed by atoms with Gasteiger partial charge in [0.15, 0.2) is 11.8 Å². The smallest absolute Gasteiger partial charge is 0.306 e. The predicted molar refractivity (Wildman–Crippen MR) is 110 cm³/mol. The van der Waals surface area contributed by atoms with E-state index in [4.69, 9.17) is 9.47 Å². The molecule has 0 fully saturated rings. The number of fused-ring (bicyclic) bond motifs is 1. The van der Waals surface area contributed by atoms with Gasteiger partial charge in [0.1, 0.15) is 5.75 Å². The van der Waals surface area contributed by atoms with E-state index in [2.05, 4.69) is 15.3 Å². The van der Waals surface area contributed by atoms with E-state index >= 15 is 0 Å². The minimum Gasteiger partial charge on any atom is -0.493 e. The SMILES string of the molecule is CSc1nc(C)c(CCC(=O)OCC(=O)NC2CCOc3ccccc32)c(C)n1. The van der Waals surface area contributed by atoms with Crippen molar-refractivity contribution in [3.05, 3.63) is 46.8 Å². The lowest BCUT2D eigenvalue weighted by atomic mass is 10.0. The fourth-order valence-corrected chi connectivity index (χ4v) is 3.79. The number of aromatic nitrogens is 2. The minimum absolute atomic E-state index is 0.136. The molecule has 1 aliphatic heterocycles. The van der Waals surface area contributed by atoms with Crippen LogP contribution in [0.15, 0.2) is 29.4 Å². The molecular formula is C21H25N3O4S. The van der Waals surface area contributed by atoms with Crippen LogP contribution in [0.5, 0.6) is 5.75 Å². The highest BCUT2D eigenvalue weighted by Crippen LogP contribution is 2.31. The molecule has 2 aromatic rings. The van der Waals surface area contributed by atoms with Crippen molar-refractivity contribution in [2.45, 2.75) is 44.3 Å². The number of nitrogens with one attached hydrogen (secondary N) is 1. The highest BCUT2D eigenvalue weighted by Gasteiger charge is 2.23. The summed E-state index contributed by atoms with van der Waals surface area (Å²) in [6.07, 6.45) is 3.27. The molecule has 154 valence electrons. The fraction of sp³-hybridized carbons (Fsp3) is 0.429. The van der Waals surface area contributed by atoms with E-state index in [0.717, 1.165) is 33.4 Å². The van der Waals surface area contributed by atoms with Gasteiger partial charge in [0, 0.05) is 29.8 Å². The first-order valence-corrected chi connectivity index (χ1v) is 10.7. The van der Waals surface area contributed by atoms with Crippen LogP contribution in [0.25, 0.3) is 0 Å². The first-order chi connectivity index (χ1) is 14.0. The second-order valence-corrected chi connectivity index (χ2v) is 7.59. The number of amides is 1. The van der Waals surface area contributed by atoms with Gasteiger partial charge >= 0.3 is 5.97 Å². The maximum Gasteiger partial charge on any atom is 0.306 e. The van der Waals surface area contributed by atoms with Gasteiger partial charge in [-0.2, -0.15) is 0 Å². The third-order valence-corrected chi connectivity index (χ3v) is 5.37. The van der Waals surface area contributed by atoms with Crippen LogP contribution < -0.4 is 10.1 Å². The highest BCUT2D eigenvalue weighted by atomic mass is 32.2. The Morgan fingerprint density at radius 3 is 2.69 bits per heavy atom. The summed E-state index contributed by atoms with van der Waals surface area (Å²) in [6, 6.07) is 7.48. The molecule has 0 saturated heterocycles. The monoisotopic (exact) mass is 415 g/mol. The Bertz CT molecular complexity index is 880. The Hall–Kier alpha value is -2.61. The number of carbonyl (C=O) groups is 2. The highest BCUT2D eigenvalue weighted by molar-refractivity contribution is 7.98. The Morgan fingerprint density at radius 2 is 1.97 bits per heavy atom. The Morgan fingerprint density at radius 1 is 1.24 bits per heavy atom. The maximum absolute atomic E-state index is 12.2. The Labute approximate surface area is 174 Å². The van der Waals surface area contributed by atoms with E-state index in [1.807, 2.05) is 44.4 Å². The van der Waals surface area contributed by atoms with Crippen LogP contribution in [0.2, 0.25) is 0 Å². The van der Waals surface area contributed by atoms with E-state index in [1.165, 1.54) is 11.8 Å². The average Bonchev–Trinajstić information content (AvgIpc) is 2.71. The maximum atomic E-state index is 12.2. The zero-order chi connectivity index (χ0) is 20.8. The number of benzene rings is 1. The fourth-order valence-electron chi connectivity index (χ4n) is 3.34. The van der Waals surface area contributed by atoms with Crippen LogP contribution in [0.1, 0.15) is 41.4 Å². The van der Waals surface area contributed by atoms with Gasteiger partial charge in [0.25, 0.3) is 5.91 Å². The minimum atomic E-state index is -0.416. The number of para-hydroxylation sites is 1. The molecule has 0 radical (unpaired) electrons. The second-order valence-electron chi connectivity index (χ2n) is 6.82. The number of carbonyl (C=O) groups excluding carboxylic acids is 2. The average molecular weight is 416 g/mol. The molecule has 29 heavy (non-hydrogen) atoms. The van der Waals surface area contributed by atoms with Crippen LogP contribution in [0.4, 0.5) is 0 Å². The molecule has 0 aliphatic carbocycles. The molecule has 3 rings (SSSR count). The van der Waals surface area contributed by atoms with Gasteiger partial charge < -0.3 is 14.8 Å². The Kier molecular flexibility index (Phi) is 7.09. The van der Waals surface area contributed by atoms with Crippen LogP contribution in [0.3, 0.4) is 0 Å². The molecule has 1 aromatic carbocycles. The van der Waals surface area contributed by atoms with E-state index < -0.39 is 5.97 Å². The number of thioether (sulfide) groups is 1. The first-order valence-electron chi connectivity index (χ1n) is 9.52. The summed E-state index contributed by atoms with van der Waals surface area (Å²) in [5, 5.41) is 3.64. The van der Waals surface area contributed by atoms with Crippen molar-refractivity contribution < 1.29 is 19.1 Å². The summed E-state index contributed by atoms with van der Waals surface area (Å²) in [5.41, 5.74) is 3.62. The lowest BCUT2D eigenvalue weighted by molar-refractivity contribution is -0.148. The van der Waals surface area contributed by atoms with Crippen molar-refractivity contribution in [2.24, 2.45) is 0 Å². The first kappa shape index (κ1) is 21.1. The summed E-state index contributed by atoms with van der Waals surface area (Å²) in [7, 11) is 0. The third kappa shape index (κ3) is 5.47. The van der Waals surface area contributed by atoms with Gasteiger partial charge in [-0.15, -0.1) is 0 Å². The quantitative estimate of drug-likeness (QED) is 0.422. The third-order valence-electron chi connectivity index (χ3n) is 4.82. The molecule has 7 nitrogen and oxygen atoms in total. The van der Waals surface area contributed by atoms with E-state index in [-0.39, 0.29) is 25.0 Å². The number of nitrogens with zero attached hydrogens (tertiary/aromatic N) is 2. The van der Waals surface area contributed by atoms with E-state index in [9.17, 15) is 9.59 Å². The summed E-state index contributed by atoms with van der Waals surface area (Å²) in [6.45, 7) is 4.07. The number of aryl methyl sites for hydroxylation is 2. The summed E-state index contributed by atoms with van der Waals surface area (Å²) >= 11 is 1.49. The summed E-state index contributed by atoms with van der Waals surface area (Å²) in [5.74, 6) is 0.0434. The van der Waals surface area contributed by atoms with Gasteiger partial charge in [-0.25, -0.2) is 9.97 Å². The number of ether oxygens (including phenoxy) is 2. The van der Waals surface area contributed by atoms with Crippen molar-refractivity contribution >= 4 is 23.6 Å². The zero-order valence-electron chi connectivity index (χ0n) is 16.9. The lowest BCUT2D eigenvalue weighted by Gasteiger charge is -2.26. The Balaban J connectivity index is 1.47. The van der Waals surface area contributed by atoms with Crippen LogP contribution in [-0.4, -0.2) is 41.3 Å². The van der Waals surface area contributed by atoms with Crippen LogP contribution in [-0.2, 0) is 20.7 Å². The van der Waals surface area contributed by atoms with Crippen molar-refractivity contribution in [1.82, 2.24) is 15.3 Å². The molecule has 1 aliphatic rings. The van der Waals surface area contributed by atoms with Crippen molar-refractivity contribution in [2.75, 3.05) is 19.5 Å². The van der Waals surface area contributed by atoms with Gasteiger partial charge in [0.2, 0.25) is 0 Å². The molecule has 1 amide bonds.